The number of thiocarbonyl (C=S) groups is 1. The number of aromatic nitrogens is 2. The highest BCUT2D eigenvalue weighted by molar-refractivity contribution is 7.80. The van der Waals surface area contributed by atoms with Gasteiger partial charge in [0, 0.05) is 46.9 Å². The maximum Gasteiger partial charge on any atom is 0.226 e. The number of aryl methyl sites for hydroxylation is 3. The first-order valence-electron chi connectivity index (χ1n) is 13.0. The third-order valence-electron chi connectivity index (χ3n) is 7.32. The Hall–Kier alpha value is -3.68. The second-order valence-corrected chi connectivity index (χ2v) is 10.9. The van der Waals surface area contributed by atoms with Gasteiger partial charge in [-0.25, -0.2) is 0 Å². The Morgan fingerprint density at radius 2 is 1.82 bits per heavy atom. The third kappa shape index (κ3) is 5.56. The van der Waals surface area contributed by atoms with Crippen molar-refractivity contribution in [2.45, 2.75) is 46.2 Å². The number of hydrogen-bond donors (Lipinski definition) is 2. The van der Waals surface area contributed by atoms with E-state index in [1.165, 1.54) is 0 Å². The number of carbonyl (C=O) groups excluding carboxylic acids is 1. The van der Waals surface area contributed by atoms with Crippen LogP contribution in [0.25, 0.3) is 5.69 Å². The van der Waals surface area contributed by atoms with E-state index in [0.29, 0.717) is 23.1 Å². The van der Waals surface area contributed by atoms with Crippen LogP contribution in [0.15, 0.2) is 72.9 Å². The number of halogens is 1. The lowest BCUT2D eigenvalue weighted by Gasteiger charge is -2.28. The molecule has 1 aliphatic rings. The van der Waals surface area contributed by atoms with E-state index in [-0.39, 0.29) is 18.0 Å². The minimum Gasteiger partial charge on any atom is -0.352 e. The van der Waals surface area contributed by atoms with Gasteiger partial charge in [0.05, 0.1) is 17.8 Å². The minimum absolute atomic E-state index is 0.0434. The third-order valence-corrected chi connectivity index (χ3v) is 7.92. The summed E-state index contributed by atoms with van der Waals surface area (Å²) in [5.74, 6) is -0.0434. The van der Waals surface area contributed by atoms with Crippen molar-refractivity contribution in [3.63, 3.8) is 0 Å². The second-order valence-electron chi connectivity index (χ2n) is 10.1. The van der Waals surface area contributed by atoms with Crippen molar-refractivity contribution < 1.29 is 4.79 Å². The molecule has 0 aliphatic carbocycles. The Balaban J connectivity index is 1.46. The van der Waals surface area contributed by atoms with Gasteiger partial charge in [0.1, 0.15) is 0 Å². The number of pyridine rings is 1. The monoisotopic (exact) mass is 557 g/mol. The van der Waals surface area contributed by atoms with Crippen LogP contribution >= 0.6 is 23.8 Å². The zero-order chi connectivity index (χ0) is 27.7. The van der Waals surface area contributed by atoms with E-state index in [2.05, 4.69) is 45.0 Å². The SMILES string of the molecule is Cc1ccc(C)c(NC(=O)CCN2C(=S)N[C@H](c3ccccn3)[C@@H]2c2cc(C)n(-c3ccc(Cl)cc3)c2C)c1. The predicted octanol–water partition coefficient (Wildman–Crippen LogP) is 6.76. The van der Waals surface area contributed by atoms with Crippen molar-refractivity contribution in [2.24, 2.45) is 0 Å². The number of rotatable bonds is 7. The fourth-order valence-corrected chi connectivity index (χ4v) is 5.82. The second kappa shape index (κ2) is 11.2. The van der Waals surface area contributed by atoms with Gasteiger partial charge in [-0.15, -0.1) is 0 Å². The Kier molecular flexibility index (Phi) is 7.73. The molecule has 0 spiro atoms. The Morgan fingerprint density at radius 3 is 2.54 bits per heavy atom. The molecule has 2 aromatic carbocycles. The molecule has 5 rings (SSSR count). The zero-order valence-electron chi connectivity index (χ0n) is 22.5. The van der Waals surface area contributed by atoms with Gasteiger partial charge in [-0.1, -0.05) is 29.8 Å². The molecule has 1 fully saturated rings. The first-order chi connectivity index (χ1) is 18.7. The van der Waals surface area contributed by atoms with E-state index in [9.17, 15) is 4.79 Å². The molecule has 3 heterocycles. The normalized spacial score (nSPS) is 16.8. The fraction of sp³-hybridized carbons (Fsp3) is 0.258. The molecule has 2 N–H and O–H groups in total. The molecule has 0 radical (unpaired) electrons. The highest BCUT2D eigenvalue weighted by Gasteiger charge is 2.41. The van der Waals surface area contributed by atoms with E-state index in [1.54, 1.807) is 6.20 Å². The molecule has 200 valence electrons. The van der Waals surface area contributed by atoms with Gasteiger partial charge in [-0.3, -0.25) is 9.78 Å². The average Bonchev–Trinajstić information content (AvgIpc) is 3.40. The summed E-state index contributed by atoms with van der Waals surface area (Å²) >= 11 is 12.0. The number of nitrogens with one attached hydrogen (secondary N) is 2. The molecule has 0 saturated carbocycles. The molecule has 0 bridgehead atoms. The summed E-state index contributed by atoms with van der Waals surface area (Å²) in [7, 11) is 0. The lowest BCUT2D eigenvalue weighted by molar-refractivity contribution is -0.116. The number of amides is 1. The number of benzene rings is 2. The van der Waals surface area contributed by atoms with Crippen LogP contribution < -0.4 is 10.6 Å². The van der Waals surface area contributed by atoms with Crippen LogP contribution in [-0.4, -0.2) is 32.0 Å². The van der Waals surface area contributed by atoms with Crippen LogP contribution in [0.2, 0.25) is 5.02 Å². The van der Waals surface area contributed by atoms with Crippen molar-refractivity contribution in [3.05, 3.63) is 112 Å². The smallest absolute Gasteiger partial charge is 0.226 e. The van der Waals surface area contributed by atoms with Crippen LogP contribution in [0.5, 0.6) is 0 Å². The summed E-state index contributed by atoms with van der Waals surface area (Å²) in [5, 5.41) is 7.90. The van der Waals surface area contributed by atoms with E-state index in [0.717, 1.165) is 45.1 Å². The highest BCUT2D eigenvalue weighted by Crippen LogP contribution is 2.41. The van der Waals surface area contributed by atoms with E-state index < -0.39 is 0 Å². The molecule has 1 amide bonds. The predicted molar refractivity (Wildman–Crippen MR) is 162 cm³/mol. The molecule has 2 atom stereocenters. The number of nitrogens with zero attached hydrogens (tertiary/aromatic N) is 3. The maximum absolute atomic E-state index is 13.0. The van der Waals surface area contributed by atoms with Crippen LogP contribution in [0.1, 0.15) is 52.3 Å². The Bertz CT molecular complexity index is 1520. The highest BCUT2D eigenvalue weighted by atomic mass is 35.5. The maximum atomic E-state index is 13.0. The summed E-state index contributed by atoms with van der Waals surface area (Å²) in [6.45, 7) is 8.72. The van der Waals surface area contributed by atoms with E-state index >= 15 is 0 Å². The van der Waals surface area contributed by atoms with Crippen molar-refractivity contribution in [1.82, 2.24) is 19.8 Å². The van der Waals surface area contributed by atoms with Crippen LogP contribution in [-0.2, 0) is 4.79 Å². The summed E-state index contributed by atoms with van der Waals surface area (Å²) in [6.07, 6.45) is 2.10. The fourth-order valence-electron chi connectivity index (χ4n) is 5.36. The van der Waals surface area contributed by atoms with Gasteiger partial charge in [0.25, 0.3) is 0 Å². The van der Waals surface area contributed by atoms with Crippen molar-refractivity contribution in [3.8, 4) is 5.69 Å². The zero-order valence-corrected chi connectivity index (χ0v) is 24.1. The topological polar surface area (TPSA) is 62.2 Å². The van der Waals surface area contributed by atoms with E-state index in [4.69, 9.17) is 23.8 Å². The summed E-state index contributed by atoms with van der Waals surface area (Å²) in [5.41, 5.74) is 8.29. The molecular weight excluding hydrogens is 526 g/mol. The minimum atomic E-state index is -0.153. The van der Waals surface area contributed by atoms with Gasteiger partial charge in [-0.05, 0) is 105 Å². The number of carbonyl (C=O) groups is 1. The van der Waals surface area contributed by atoms with Crippen molar-refractivity contribution in [2.75, 3.05) is 11.9 Å². The van der Waals surface area contributed by atoms with Gasteiger partial charge >= 0.3 is 0 Å². The molecule has 6 nitrogen and oxygen atoms in total. The first kappa shape index (κ1) is 26.9. The van der Waals surface area contributed by atoms with Gasteiger partial charge in [-0.2, -0.15) is 0 Å². The van der Waals surface area contributed by atoms with Crippen LogP contribution in [0, 0.1) is 27.7 Å². The van der Waals surface area contributed by atoms with Gasteiger partial charge < -0.3 is 20.1 Å². The molecule has 2 aromatic heterocycles. The quantitative estimate of drug-likeness (QED) is 0.246. The molecule has 0 unspecified atom stereocenters. The summed E-state index contributed by atoms with van der Waals surface area (Å²) < 4.78 is 2.23. The van der Waals surface area contributed by atoms with Crippen molar-refractivity contribution in [1.29, 1.82) is 0 Å². The largest absolute Gasteiger partial charge is 0.352 e. The average molecular weight is 558 g/mol. The Labute approximate surface area is 240 Å². The first-order valence-corrected chi connectivity index (χ1v) is 13.8. The lowest BCUT2D eigenvalue weighted by Crippen LogP contribution is -2.33. The lowest BCUT2D eigenvalue weighted by atomic mass is 9.96. The van der Waals surface area contributed by atoms with Crippen LogP contribution in [0.4, 0.5) is 5.69 Å². The van der Waals surface area contributed by atoms with Crippen LogP contribution in [0.3, 0.4) is 0 Å². The molecule has 8 heteroatoms. The van der Waals surface area contributed by atoms with Crippen molar-refractivity contribution >= 4 is 40.5 Å². The Morgan fingerprint density at radius 1 is 1.05 bits per heavy atom. The van der Waals surface area contributed by atoms with Gasteiger partial charge in [0.15, 0.2) is 5.11 Å². The van der Waals surface area contributed by atoms with E-state index in [1.807, 2.05) is 74.5 Å². The number of anilines is 1. The van der Waals surface area contributed by atoms with Gasteiger partial charge in [0.2, 0.25) is 5.91 Å². The summed E-state index contributed by atoms with van der Waals surface area (Å²) in [6, 6.07) is 21.8. The number of hydrogen-bond acceptors (Lipinski definition) is 3. The molecule has 1 aliphatic heterocycles. The summed E-state index contributed by atoms with van der Waals surface area (Å²) in [4.78, 5) is 19.8. The molecule has 1 saturated heterocycles. The molecule has 39 heavy (non-hydrogen) atoms. The standard InChI is InChI=1S/C31H32ClN5OS/c1-19-8-9-20(2)27(17-19)34-28(38)14-16-36-30(29(35-31(36)39)26-7-5-6-15-33-26)25-18-21(3)37(22(25)4)24-12-10-23(32)11-13-24/h5-13,15,17-18,29-30H,14,16H2,1-4H3,(H,34,38)(H,35,39)/t29-,30+/m1/s1. The molecule has 4 aromatic rings. The molecular formula is C31H32ClN5OS.